The fourth-order valence-corrected chi connectivity index (χ4v) is 8.38. The molecule has 246 valence electrons. The van der Waals surface area contributed by atoms with Crippen LogP contribution in [0.5, 0.6) is 0 Å². The zero-order chi connectivity index (χ0) is 31.8. The van der Waals surface area contributed by atoms with Crippen LogP contribution in [0.1, 0.15) is 36.1 Å². The topological polar surface area (TPSA) is 117 Å². The first-order valence-electron chi connectivity index (χ1n) is 16.2. The molecule has 3 saturated heterocycles. The molecule has 3 aromatic rings. The number of aromatic amines is 1. The molecule has 1 atom stereocenters. The van der Waals surface area contributed by atoms with Crippen LogP contribution in [0.3, 0.4) is 0 Å². The number of nitrogens with zero attached hydrogens (tertiary/aromatic N) is 6. The van der Waals surface area contributed by atoms with Crippen molar-refractivity contribution in [2.45, 2.75) is 56.8 Å². The van der Waals surface area contributed by atoms with E-state index >= 15 is 0 Å². The Labute approximate surface area is 277 Å². The molecule has 4 aliphatic rings. The van der Waals surface area contributed by atoms with Crippen molar-refractivity contribution in [3.05, 3.63) is 45.2 Å². The number of aromatic nitrogens is 2. The lowest BCUT2D eigenvalue weighted by Gasteiger charge is -2.42. The molecular formula is C32H41ClN8O4S. The third-order valence-corrected chi connectivity index (χ3v) is 11.3. The molecular weight excluding hydrogens is 628 g/mol. The van der Waals surface area contributed by atoms with E-state index in [1.54, 1.807) is 22.4 Å². The van der Waals surface area contributed by atoms with Crippen LogP contribution in [0.25, 0.3) is 10.9 Å². The molecule has 3 fully saturated rings. The maximum Gasteiger partial charge on any atom is 0.410 e. The van der Waals surface area contributed by atoms with Crippen molar-refractivity contribution in [1.29, 1.82) is 0 Å². The summed E-state index contributed by atoms with van der Waals surface area (Å²) in [5.74, 6) is -0.166. The highest BCUT2D eigenvalue weighted by Crippen LogP contribution is 2.32. The van der Waals surface area contributed by atoms with Crippen molar-refractivity contribution in [3.8, 4) is 0 Å². The molecule has 12 nitrogen and oxygen atoms in total. The van der Waals surface area contributed by atoms with E-state index in [1.807, 2.05) is 33.4 Å². The second-order valence-corrected chi connectivity index (χ2v) is 14.3. The molecule has 6 heterocycles. The molecule has 4 aliphatic heterocycles. The van der Waals surface area contributed by atoms with Crippen LogP contribution in [-0.2, 0) is 22.5 Å². The fraction of sp³-hybridized carbons (Fsp3) is 0.562. The molecule has 0 saturated carbocycles. The molecule has 46 heavy (non-hydrogen) atoms. The van der Waals surface area contributed by atoms with E-state index < -0.39 is 12.2 Å². The highest BCUT2D eigenvalue weighted by atomic mass is 35.5. The number of amides is 4. The van der Waals surface area contributed by atoms with Crippen LogP contribution in [-0.4, -0.2) is 130 Å². The Kier molecular flexibility index (Phi) is 9.08. The molecule has 0 aliphatic carbocycles. The Balaban J connectivity index is 1.00. The Morgan fingerprint density at radius 2 is 1.74 bits per heavy atom. The number of H-pyrrole nitrogens is 1. The number of ether oxygens (including phenoxy) is 1. The third kappa shape index (κ3) is 6.55. The molecule has 7 rings (SSSR count). The molecule has 0 bridgehead atoms. The quantitative estimate of drug-likeness (QED) is 0.407. The van der Waals surface area contributed by atoms with Gasteiger partial charge in [0.05, 0.1) is 29.0 Å². The van der Waals surface area contributed by atoms with E-state index in [-0.39, 0.29) is 24.4 Å². The van der Waals surface area contributed by atoms with Gasteiger partial charge in [0.2, 0.25) is 0 Å². The summed E-state index contributed by atoms with van der Waals surface area (Å²) in [6.45, 7) is 7.02. The van der Waals surface area contributed by atoms with E-state index in [0.717, 1.165) is 66.1 Å². The first-order chi connectivity index (χ1) is 22.3. The number of hydrogen-bond donors (Lipinski definition) is 2. The molecule has 4 amide bonds. The number of nitrogens with one attached hydrogen (secondary N) is 2. The number of likely N-dealkylation sites (tertiary alicyclic amines) is 2. The Bertz CT molecular complexity index is 1570. The molecule has 2 N–H and O–H groups in total. The number of halogens is 1. The predicted octanol–water partition coefficient (Wildman–Crippen LogP) is 4.08. The first-order valence-corrected chi connectivity index (χ1v) is 17.5. The maximum atomic E-state index is 14.0. The van der Waals surface area contributed by atoms with Crippen molar-refractivity contribution >= 4 is 57.6 Å². The number of fused-ring (bicyclic) bond motifs is 2. The average Bonchev–Trinajstić information content (AvgIpc) is 3.74. The highest BCUT2D eigenvalue weighted by molar-refractivity contribution is 7.10. The van der Waals surface area contributed by atoms with Gasteiger partial charge in [0.25, 0.3) is 5.91 Å². The zero-order valence-corrected chi connectivity index (χ0v) is 27.7. The summed E-state index contributed by atoms with van der Waals surface area (Å²) in [7, 11) is 2.16. The summed E-state index contributed by atoms with van der Waals surface area (Å²) in [5.41, 5.74) is 2.43. The fourth-order valence-electron chi connectivity index (χ4n) is 7.27. The number of piperidine rings is 2. The van der Waals surface area contributed by atoms with Gasteiger partial charge < -0.3 is 29.7 Å². The van der Waals surface area contributed by atoms with Gasteiger partial charge >= 0.3 is 12.1 Å². The summed E-state index contributed by atoms with van der Waals surface area (Å²) < 4.78 is 6.06. The van der Waals surface area contributed by atoms with Crippen LogP contribution >= 0.6 is 22.9 Å². The monoisotopic (exact) mass is 668 g/mol. The van der Waals surface area contributed by atoms with Crippen LogP contribution in [0.4, 0.5) is 15.3 Å². The SMILES string of the molecule is CN1CCN(C2CCN(C(=O)C(Cc3cc(Cl)c4[nH]ncc4c3)OC(=O)N3CCC(N4Cc5sccc5NC4=O)CC3)CC2)CC1. The number of hydrogen-bond acceptors (Lipinski definition) is 8. The summed E-state index contributed by atoms with van der Waals surface area (Å²) in [5, 5.41) is 13.3. The highest BCUT2D eigenvalue weighted by Gasteiger charge is 2.37. The van der Waals surface area contributed by atoms with Gasteiger partial charge in [-0.05, 0) is 61.9 Å². The molecule has 14 heteroatoms. The van der Waals surface area contributed by atoms with E-state index in [2.05, 4.69) is 32.4 Å². The number of carbonyl (C=O) groups excluding carboxylic acids is 3. The molecule has 1 unspecified atom stereocenters. The Morgan fingerprint density at radius 3 is 2.50 bits per heavy atom. The van der Waals surface area contributed by atoms with Crippen molar-refractivity contribution < 1.29 is 19.1 Å². The van der Waals surface area contributed by atoms with Crippen molar-refractivity contribution in [2.24, 2.45) is 0 Å². The smallest absolute Gasteiger partial charge is 0.410 e. The van der Waals surface area contributed by atoms with Crippen LogP contribution in [0.15, 0.2) is 29.8 Å². The lowest BCUT2D eigenvalue weighted by Crippen LogP contribution is -2.54. The number of thiophene rings is 1. The lowest BCUT2D eigenvalue weighted by molar-refractivity contribution is -0.142. The molecule has 2 aromatic heterocycles. The summed E-state index contributed by atoms with van der Waals surface area (Å²) in [6.07, 6.45) is 3.56. The van der Waals surface area contributed by atoms with Gasteiger partial charge in [0.1, 0.15) is 0 Å². The number of rotatable bonds is 6. The summed E-state index contributed by atoms with van der Waals surface area (Å²) in [4.78, 5) is 51.8. The lowest BCUT2D eigenvalue weighted by atomic mass is 10.00. The molecule has 0 radical (unpaired) electrons. The van der Waals surface area contributed by atoms with Gasteiger partial charge in [-0.15, -0.1) is 11.3 Å². The van der Waals surface area contributed by atoms with Gasteiger partial charge in [0.15, 0.2) is 6.10 Å². The van der Waals surface area contributed by atoms with Crippen LogP contribution < -0.4 is 5.32 Å². The van der Waals surface area contributed by atoms with Gasteiger partial charge in [-0.1, -0.05) is 11.6 Å². The minimum atomic E-state index is -0.976. The van der Waals surface area contributed by atoms with Crippen molar-refractivity contribution in [2.75, 3.05) is 64.7 Å². The average molecular weight is 669 g/mol. The first kappa shape index (κ1) is 31.2. The second kappa shape index (κ2) is 13.4. The van der Waals surface area contributed by atoms with Crippen LogP contribution in [0, 0.1) is 0 Å². The minimum absolute atomic E-state index is 0.0298. The van der Waals surface area contributed by atoms with E-state index in [4.69, 9.17) is 16.3 Å². The summed E-state index contributed by atoms with van der Waals surface area (Å²) >= 11 is 8.17. The third-order valence-electron chi connectivity index (χ3n) is 10.1. The predicted molar refractivity (Wildman–Crippen MR) is 177 cm³/mol. The number of benzene rings is 1. The number of piperazine rings is 1. The maximum absolute atomic E-state index is 14.0. The zero-order valence-electron chi connectivity index (χ0n) is 26.1. The largest absolute Gasteiger partial charge is 0.436 e. The Hall–Kier alpha value is -3.39. The van der Waals surface area contributed by atoms with Gasteiger partial charge in [-0.25, -0.2) is 9.59 Å². The number of anilines is 1. The van der Waals surface area contributed by atoms with E-state index in [1.165, 1.54) is 0 Å². The van der Waals surface area contributed by atoms with E-state index in [9.17, 15) is 14.4 Å². The van der Waals surface area contributed by atoms with Gasteiger partial charge in [-0.3, -0.25) is 14.8 Å². The second-order valence-electron chi connectivity index (χ2n) is 12.9. The number of urea groups is 1. The van der Waals surface area contributed by atoms with Crippen molar-refractivity contribution in [3.63, 3.8) is 0 Å². The summed E-state index contributed by atoms with van der Waals surface area (Å²) in [6, 6.07) is 6.08. The van der Waals surface area contributed by atoms with Gasteiger partial charge in [-0.2, -0.15) is 5.10 Å². The normalized spacial score (nSPS) is 21.3. The van der Waals surface area contributed by atoms with E-state index in [0.29, 0.717) is 56.6 Å². The molecule has 1 aromatic carbocycles. The van der Waals surface area contributed by atoms with Crippen molar-refractivity contribution in [1.82, 2.24) is 34.7 Å². The van der Waals surface area contributed by atoms with Gasteiger partial charge in [0, 0.05) is 81.1 Å². The Morgan fingerprint density at radius 1 is 1.02 bits per heavy atom. The number of carbonyl (C=O) groups is 3. The standard InChI is InChI=1S/C32H41ClN8O4S/c1-37-11-13-38(14-12-37)23-2-7-39(8-3-23)30(42)27(18-21-16-22-19-34-36-29(22)25(33)17-21)45-32(44)40-9-4-24(5-10-40)41-20-28-26(6-15-46-28)35-31(41)43/h6,15-17,19,23-24,27H,2-5,7-14,18,20H2,1H3,(H,34,36)(H,35,43). The number of likely N-dealkylation sites (N-methyl/N-ethyl adjacent to an activating group) is 1. The van der Waals surface area contributed by atoms with Crippen LogP contribution in [0.2, 0.25) is 5.02 Å². The minimum Gasteiger partial charge on any atom is -0.436 e. The molecule has 0 spiro atoms.